The number of carboxylic acids is 1. The Balaban J connectivity index is 1.78. The lowest BCUT2D eigenvalue weighted by atomic mass is 9.80. The van der Waals surface area contributed by atoms with Gasteiger partial charge in [0.05, 0.1) is 5.69 Å². The zero-order valence-electron chi connectivity index (χ0n) is 21.3. The molecule has 0 aromatic carbocycles. The van der Waals surface area contributed by atoms with E-state index < -0.39 is 5.97 Å². The van der Waals surface area contributed by atoms with Gasteiger partial charge in [0.15, 0.2) is 5.82 Å². The van der Waals surface area contributed by atoms with E-state index in [1.54, 1.807) is 4.90 Å². The predicted molar refractivity (Wildman–Crippen MR) is 133 cm³/mol. The highest BCUT2D eigenvalue weighted by molar-refractivity contribution is 6.03. The van der Waals surface area contributed by atoms with Crippen LogP contribution in [-0.2, 0) is 16.0 Å². The number of ether oxygens (including phenoxy) is 1. The van der Waals surface area contributed by atoms with Crippen molar-refractivity contribution in [3.63, 3.8) is 0 Å². The van der Waals surface area contributed by atoms with Gasteiger partial charge in [-0.25, -0.2) is 9.48 Å². The first-order valence-corrected chi connectivity index (χ1v) is 13.2. The molecule has 0 spiro atoms. The Labute approximate surface area is 203 Å². The molecule has 1 saturated heterocycles. The molecule has 7 nitrogen and oxygen atoms in total. The summed E-state index contributed by atoms with van der Waals surface area (Å²) in [6, 6.07) is -0.0778. The summed E-state index contributed by atoms with van der Waals surface area (Å²) in [7, 11) is 0. The predicted octanol–water partition coefficient (Wildman–Crippen LogP) is 5.53. The first-order valence-electron chi connectivity index (χ1n) is 13.2. The van der Waals surface area contributed by atoms with E-state index in [2.05, 4.69) is 26.8 Å². The van der Waals surface area contributed by atoms with Crippen molar-refractivity contribution in [1.82, 2.24) is 9.78 Å². The van der Waals surface area contributed by atoms with Crippen molar-refractivity contribution in [2.75, 3.05) is 18.1 Å². The first kappa shape index (κ1) is 25.0. The van der Waals surface area contributed by atoms with Crippen LogP contribution in [0.15, 0.2) is 6.08 Å². The van der Waals surface area contributed by atoms with E-state index in [-0.39, 0.29) is 28.8 Å². The number of carbonyl (C=O) groups excluding carboxylic acids is 1. The molecule has 1 aromatic rings. The van der Waals surface area contributed by atoms with Crippen LogP contribution in [0.3, 0.4) is 0 Å². The minimum absolute atomic E-state index is 0.0485. The second-order valence-electron chi connectivity index (χ2n) is 11.3. The number of amides is 1. The molecule has 2 aliphatic carbocycles. The van der Waals surface area contributed by atoms with Crippen LogP contribution in [0, 0.1) is 17.3 Å². The lowest BCUT2D eigenvalue weighted by molar-refractivity contribution is -0.124. The fourth-order valence-electron chi connectivity index (χ4n) is 5.75. The van der Waals surface area contributed by atoms with Crippen molar-refractivity contribution in [1.29, 1.82) is 0 Å². The second-order valence-corrected chi connectivity index (χ2v) is 11.3. The van der Waals surface area contributed by atoms with Crippen LogP contribution in [0.25, 0.3) is 5.70 Å². The number of nitrogens with zero attached hydrogens (tertiary/aromatic N) is 3. The minimum Gasteiger partial charge on any atom is -0.477 e. The summed E-state index contributed by atoms with van der Waals surface area (Å²) in [6.07, 6.45) is 10.8. The maximum atomic E-state index is 14.0. The largest absolute Gasteiger partial charge is 0.477 e. The Kier molecular flexibility index (Phi) is 7.51. The van der Waals surface area contributed by atoms with E-state index in [0.717, 1.165) is 50.6 Å². The number of aromatic nitrogens is 2. The third kappa shape index (κ3) is 5.09. The molecule has 0 unspecified atom stereocenters. The number of carboxylic acid groups (broad SMARTS) is 1. The van der Waals surface area contributed by atoms with Gasteiger partial charge in [-0.05, 0) is 75.5 Å². The normalized spacial score (nSPS) is 25.6. The summed E-state index contributed by atoms with van der Waals surface area (Å²) in [5, 5.41) is 15.2. The van der Waals surface area contributed by atoms with Crippen LogP contribution in [0.4, 0.5) is 5.82 Å². The third-order valence-electron chi connectivity index (χ3n) is 8.12. The van der Waals surface area contributed by atoms with Crippen molar-refractivity contribution in [3.05, 3.63) is 17.3 Å². The molecule has 1 N–H and O–H groups in total. The number of allylic oxidation sites excluding steroid dienone is 2. The number of rotatable bonds is 6. The van der Waals surface area contributed by atoms with Crippen molar-refractivity contribution < 1.29 is 19.4 Å². The van der Waals surface area contributed by atoms with Crippen LogP contribution in [0.5, 0.6) is 0 Å². The van der Waals surface area contributed by atoms with Gasteiger partial charge in [-0.3, -0.25) is 9.69 Å². The Hall–Kier alpha value is -2.15. The van der Waals surface area contributed by atoms with Crippen molar-refractivity contribution in [2.24, 2.45) is 17.3 Å². The van der Waals surface area contributed by atoms with Gasteiger partial charge in [0.25, 0.3) is 0 Å². The number of hydrogen-bond donors (Lipinski definition) is 1. The van der Waals surface area contributed by atoms with Crippen LogP contribution in [0.2, 0.25) is 0 Å². The van der Waals surface area contributed by atoms with E-state index >= 15 is 0 Å². The fourth-order valence-corrected chi connectivity index (χ4v) is 5.75. The molecule has 34 heavy (non-hydrogen) atoms. The van der Waals surface area contributed by atoms with Gasteiger partial charge < -0.3 is 9.84 Å². The maximum Gasteiger partial charge on any atom is 0.341 e. The smallest absolute Gasteiger partial charge is 0.341 e. The average Bonchev–Trinajstić information content (AvgIpc) is 3.19. The standard InChI is InChI=1S/C27H41N3O4/c1-5-22-23(26(32)33)24(28-30(22)21-10-14-27(3,4)15-11-21)29(20-12-16-34-17-13-20)25(31)19-8-6-18(2)7-9-19/h10,18-20H,5-9,11-17H2,1-4H3,(H,32,33)/t18-,19-. The molecule has 2 heterocycles. The van der Waals surface area contributed by atoms with Crippen molar-refractivity contribution in [2.45, 2.75) is 97.9 Å². The molecule has 4 rings (SSSR count). The molecule has 1 aromatic heterocycles. The number of aromatic carboxylic acids is 1. The molecule has 2 fully saturated rings. The molecule has 1 amide bonds. The van der Waals surface area contributed by atoms with Gasteiger partial charge in [0.1, 0.15) is 5.56 Å². The Morgan fingerprint density at radius 1 is 1.18 bits per heavy atom. The van der Waals surface area contributed by atoms with Crippen LogP contribution >= 0.6 is 0 Å². The van der Waals surface area contributed by atoms with Gasteiger partial charge in [-0.15, -0.1) is 5.10 Å². The van der Waals surface area contributed by atoms with E-state index in [4.69, 9.17) is 9.84 Å². The van der Waals surface area contributed by atoms with Crippen LogP contribution < -0.4 is 4.90 Å². The van der Waals surface area contributed by atoms with E-state index in [1.165, 1.54) is 0 Å². The molecule has 0 radical (unpaired) electrons. The summed E-state index contributed by atoms with van der Waals surface area (Å²) in [5.41, 5.74) is 2.17. The highest BCUT2D eigenvalue weighted by Crippen LogP contribution is 2.39. The average molecular weight is 472 g/mol. The first-order chi connectivity index (χ1) is 16.2. The molecular formula is C27H41N3O4. The number of carbonyl (C=O) groups is 2. The molecule has 3 aliphatic rings. The summed E-state index contributed by atoms with van der Waals surface area (Å²) >= 11 is 0. The minimum atomic E-state index is -1.00. The van der Waals surface area contributed by atoms with Gasteiger partial charge >= 0.3 is 5.97 Å². The Morgan fingerprint density at radius 2 is 1.85 bits per heavy atom. The summed E-state index contributed by atoms with van der Waals surface area (Å²) in [4.78, 5) is 28.3. The summed E-state index contributed by atoms with van der Waals surface area (Å²) in [6.45, 7) is 9.90. The fraction of sp³-hybridized carbons (Fsp3) is 0.741. The maximum absolute atomic E-state index is 14.0. The van der Waals surface area contributed by atoms with Crippen LogP contribution in [0.1, 0.15) is 102 Å². The molecule has 1 aliphatic heterocycles. The lowest BCUT2D eigenvalue weighted by Crippen LogP contribution is -2.47. The second kappa shape index (κ2) is 10.2. The van der Waals surface area contributed by atoms with Gasteiger partial charge in [0.2, 0.25) is 5.91 Å². The summed E-state index contributed by atoms with van der Waals surface area (Å²) < 4.78 is 7.42. The van der Waals surface area contributed by atoms with E-state index in [1.807, 2.05) is 11.6 Å². The molecule has 0 bridgehead atoms. The molecule has 188 valence electrons. The Morgan fingerprint density at radius 3 is 2.41 bits per heavy atom. The quantitative estimate of drug-likeness (QED) is 0.589. The monoisotopic (exact) mass is 471 g/mol. The molecule has 7 heteroatoms. The Bertz CT molecular complexity index is 934. The number of hydrogen-bond acceptors (Lipinski definition) is 4. The van der Waals surface area contributed by atoms with Gasteiger partial charge in [-0.2, -0.15) is 0 Å². The topological polar surface area (TPSA) is 84.7 Å². The van der Waals surface area contributed by atoms with Crippen LogP contribution in [-0.4, -0.2) is 46.0 Å². The third-order valence-corrected chi connectivity index (χ3v) is 8.12. The zero-order valence-corrected chi connectivity index (χ0v) is 21.3. The summed E-state index contributed by atoms with van der Waals surface area (Å²) in [5.74, 6) is -0.0379. The van der Waals surface area contributed by atoms with E-state index in [9.17, 15) is 14.7 Å². The zero-order chi connectivity index (χ0) is 24.5. The van der Waals surface area contributed by atoms with Gasteiger partial charge in [0, 0.05) is 30.9 Å². The highest BCUT2D eigenvalue weighted by Gasteiger charge is 2.39. The number of anilines is 1. The van der Waals surface area contributed by atoms with E-state index in [0.29, 0.717) is 49.9 Å². The SMILES string of the molecule is CCc1c(C(=O)O)c(N(C(=O)[C@H]2CC[C@H](C)CC2)C2CCOCC2)nn1C1=CCC(C)(C)CC1. The van der Waals surface area contributed by atoms with Gasteiger partial charge in [-0.1, -0.05) is 33.8 Å². The van der Waals surface area contributed by atoms with Crippen molar-refractivity contribution >= 4 is 23.4 Å². The van der Waals surface area contributed by atoms with Crippen molar-refractivity contribution in [3.8, 4) is 0 Å². The molecule has 1 saturated carbocycles. The molecule has 0 atom stereocenters. The highest BCUT2D eigenvalue weighted by atomic mass is 16.5. The molecular weight excluding hydrogens is 430 g/mol. The lowest BCUT2D eigenvalue weighted by Gasteiger charge is -2.37.